The molecule has 0 fully saturated rings. The van der Waals surface area contributed by atoms with Gasteiger partial charge >= 0.3 is 11.0 Å². The average Bonchev–Trinajstić information content (AvgIpc) is 3.92. The van der Waals surface area contributed by atoms with Crippen molar-refractivity contribution in [1.29, 1.82) is 0 Å². The van der Waals surface area contributed by atoms with Gasteiger partial charge in [-0.25, -0.2) is 4.98 Å². The maximum absolute atomic E-state index is 4.81. The standard InChI is InChI=1S/C18H16N5S.C18H17N5S.2BrH/c1-13-14(2)24-18(19-13)22-17(15-9-5-3-6-10-15)20-21-23(22)16-11-7-4-8-12-16;1-13-14(2)24-18(19-13)23-21-17(15-9-5-3-6-10-15)20-22(23)16-11-7-4-8-12-16;;/h3-12H,1-2H3;3-12H,1-2H3,(H,20,21);2*1H/q+1;;;/p-1. The van der Waals surface area contributed by atoms with Crippen LogP contribution in [0.25, 0.3) is 22.2 Å². The van der Waals surface area contributed by atoms with Crippen molar-refractivity contribution >= 4 is 39.3 Å². The van der Waals surface area contributed by atoms with Gasteiger partial charge in [0.2, 0.25) is 5.13 Å². The van der Waals surface area contributed by atoms with Crippen LogP contribution in [-0.2, 0) is 0 Å². The lowest BCUT2D eigenvalue weighted by atomic mass is 10.2. The number of benzene rings is 4. The van der Waals surface area contributed by atoms with Crippen LogP contribution in [0.5, 0.6) is 0 Å². The Hall–Kier alpha value is -4.60. The Labute approximate surface area is 319 Å². The van der Waals surface area contributed by atoms with Crippen molar-refractivity contribution in [2.45, 2.75) is 27.7 Å². The number of hydrogen-bond acceptors (Lipinski definition) is 9. The summed E-state index contributed by atoms with van der Waals surface area (Å²) in [4.78, 5) is 13.6. The van der Waals surface area contributed by atoms with Crippen molar-refractivity contribution < 1.29 is 44.1 Å². The minimum atomic E-state index is 0. The molecule has 0 bridgehead atoms. The Kier molecular flexibility index (Phi) is 12.0. The van der Waals surface area contributed by atoms with Crippen LogP contribution < -0.4 is 54.3 Å². The van der Waals surface area contributed by atoms with E-state index in [1.807, 2.05) is 126 Å². The summed E-state index contributed by atoms with van der Waals surface area (Å²) in [5.41, 5.74) is 8.22. The Morgan fingerprint density at radius 3 is 1.66 bits per heavy atom. The zero-order valence-electron chi connectivity index (χ0n) is 27.7. The zero-order chi connectivity index (χ0) is 33.0. The number of aryl methyl sites for hydroxylation is 4. The number of quaternary nitrogens is 1. The molecule has 0 atom stereocenters. The van der Waals surface area contributed by atoms with Gasteiger partial charge in [0.1, 0.15) is 22.3 Å². The predicted octanol–water partition coefficient (Wildman–Crippen LogP) is 0.134. The van der Waals surface area contributed by atoms with E-state index in [-0.39, 0.29) is 34.0 Å². The third kappa shape index (κ3) is 7.74. The molecule has 0 amide bonds. The number of hydrogen-bond donors (Lipinski definition) is 1. The molecule has 254 valence electrons. The van der Waals surface area contributed by atoms with E-state index in [1.54, 1.807) is 27.5 Å². The number of thiazole rings is 2. The number of hydrazone groups is 1. The van der Waals surface area contributed by atoms with E-state index in [9.17, 15) is 0 Å². The fourth-order valence-corrected chi connectivity index (χ4v) is 6.76. The first-order valence-corrected chi connectivity index (χ1v) is 17.1. The number of para-hydroxylation sites is 2. The Bertz CT molecular complexity index is 2070. The van der Waals surface area contributed by atoms with Crippen LogP contribution in [0.2, 0.25) is 0 Å². The van der Waals surface area contributed by atoms with Gasteiger partial charge in [-0.3, -0.25) is 0 Å². The number of aromatic nitrogens is 6. The molecule has 2 N–H and O–H groups in total. The lowest BCUT2D eigenvalue weighted by Crippen LogP contribution is -3.00. The van der Waals surface area contributed by atoms with Gasteiger partial charge in [0.05, 0.1) is 16.4 Å². The molecule has 3 aromatic heterocycles. The summed E-state index contributed by atoms with van der Waals surface area (Å²) in [5, 5.41) is 19.3. The number of tetrazole rings is 1. The highest BCUT2D eigenvalue weighted by Gasteiger charge is 2.33. The summed E-state index contributed by atoms with van der Waals surface area (Å²) in [6.07, 6.45) is 0. The molecule has 10 nitrogen and oxygen atoms in total. The van der Waals surface area contributed by atoms with E-state index >= 15 is 0 Å². The highest BCUT2D eigenvalue weighted by molar-refractivity contribution is 7.15. The summed E-state index contributed by atoms with van der Waals surface area (Å²) in [5.74, 6) is 1.69. The molecule has 4 aromatic carbocycles. The molecule has 0 unspecified atom stereocenters. The van der Waals surface area contributed by atoms with Gasteiger partial charge in [0, 0.05) is 15.3 Å². The highest BCUT2D eigenvalue weighted by atomic mass is 79.9. The van der Waals surface area contributed by atoms with Gasteiger partial charge < -0.3 is 34.0 Å². The number of halogens is 2. The number of amidine groups is 1. The minimum Gasteiger partial charge on any atom is -1.00 e. The van der Waals surface area contributed by atoms with Crippen molar-refractivity contribution in [2.75, 3.05) is 10.2 Å². The maximum Gasteiger partial charge on any atom is 0.313 e. The molecule has 0 radical (unpaired) electrons. The van der Waals surface area contributed by atoms with Gasteiger partial charge in [0.15, 0.2) is 0 Å². The first-order valence-electron chi connectivity index (χ1n) is 15.5. The second-order valence-electron chi connectivity index (χ2n) is 11.0. The Balaban J connectivity index is 0.000000187. The smallest absolute Gasteiger partial charge is 0.313 e. The average molecular weight is 831 g/mol. The largest absolute Gasteiger partial charge is 1.00 e. The molecule has 4 heterocycles. The van der Waals surface area contributed by atoms with Gasteiger partial charge in [-0.05, 0) is 81.0 Å². The van der Waals surface area contributed by atoms with E-state index in [0.717, 1.165) is 55.8 Å². The summed E-state index contributed by atoms with van der Waals surface area (Å²) in [6.45, 7) is 8.22. The molecule has 1 aliphatic rings. The van der Waals surface area contributed by atoms with Gasteiger partial charge in [-0.2, -0.15) is 5.43 Å². The second kappa shape index (κ2) is 16.4. The number of nitrogens with zero attached hydrogens (tertiary/aromatic N) is 9. The van der Waals surface area contributed by atoms with E-state index in [4.69, 9.17) is 10.1 Å². The van der Waals surface area contributed by atoms with Crippen molar-refractivity contribution in [3.63, 3.8) is 0 Å². The van der Waals surface area contributed by atoms with E-state index in [0.29, 0.717) is 0 Å². The molecule has 0 spiro atoms. The van der Waals surface area contributed by atoms with E-state index < -0.39 is 0 Å². The summed E-state index contributed by atoms with van der Waals surface area (Å²) >= 11 is 3.29. The van der Waals surface area contributed by atoms with Crippen LogP contribution in [0.1, 0.15) is 26.7 Å². The number of anilines is 2. The molecule has 14 heteroatoms. The van der Waals surface area contributed by atoms with Crippen LogP contribution in [-0.4, -0.2) is 30.9 Å². The van der Waals surface area contributed by atoms with Gasteiger partial charge in [-0.1, -0.05) is 110 Å². The highest BCUT2D eigenvalue weighted by Crippen LogP contribution is 2.29. The van der Waals surface area contributed by atoms with Crippen molar-refractivity contribution in [1.82, 2.24) is 25.1 Å². The molecule has 0 saturated carbocycles. The van der Waals surface area contributed by atoms with Crippen LogP contribution in [0, 0.1) is 27.7 Å². The topological polar surface area (TPSA) is 95.8 Å². The normalized spacial score (nSPS) is 12.0. The summed E-state index contributed by atoms with van der Waals surface area (Å²) in [7, 11) is 0. The van der Waals surface area contributed by atoms with Gasteiger partial charge in [0.25, 0.3) is 5.84 Å². The lowest BCUT2D eigenvalue weighted by Gasteiger charge is -2.21. The van der Waals surface area contributed by atoms with Crippen LogP contribution in [0.3, 0.4) is 0 Å². The molecule has 0 saturated heterocycles. The Morgan fingerprint density at radius 2 is 1.12 bits per heavy atom. The fraction of sp³-hybridized carbons (Fsp3) is 0.111. The summed E-state index contributed by atoms with van der Waals surface area (Å²) in [6, 6.07) is 40.4. The molecular formula is C36H34Br2N10S2. The van der Waals surface area contributed by atoms with E-state index in [2.05, 4.69) is 58.8 Å². The van der Waals surface area contributed by atoms with Crippen LogP contribution >= 0.6 is 22.7 Å². The molecule has 0 aliphatic carbocycles. The molecule has 7 aromatic rings. The molecule has 8 rings (SSSR count). The monoisotopic (exact) mass is 828 g/mol. The van der Waals surface area contributed by atoms with Crippen molar-refractivity contribution in [2.24, 2.45) is 5.10 Å². The molecular weight excluding hydrogens is 796 g/mol. The second-order valence-corrected chi connectivity index (χ2v) is 13.4. The first kappa shape index (κ1) is 36.7. The van der Waals surface area contributed by atoms with Crippen molar-refractivity contribution in [3.8, 4) is 22.2 Å². The van der Waals surface area contributed by atoms with Crippen LogP contribution in [0.15, 0.2) is 126 Å². The van der Waals surface area contributed by atoms with Crippen molar-refractivity contribution in [3.05, 3.63) is 148 Å². The number of hydrazine groups is 1. The Morgan fingerprint density at radius 1 is 0.600 bits per heavy atom. The SMILES string of the molecule is Cc1nc(-[n+]2c(-c3ccccc3)nnn2-c2ccccc2)sc1C.Cc1nc(N2N=C(c3ccccc3)[NH2+]N2c2ccccc2)sc1C.[Br-].[Br-]. The van der Waals surface area contributed by atoms with Crippen LogP contribution in [0.4, 0.5) is 10.8 Å². The number of rotatable bonds is 6. The first-order chi connectivity index (χ1) is 23.5. The molecule has 50 heavy (non-hydrogen) atoms. The maximum atomic E-state index is 4.81. The zero-order valence-corrected chi connectivity index (χ0v) is 32.5. The van der Waals surface area contributed by atoms with Gasteiger partial charge in [-0.15, -0.1) is 10.1 Å². The third-order valence-electron chi connectivity index (χ3n) is 7.76. The minimum absolute atomic E-state index is 0. The molecule has 1 aliphatic heterocycles. The summed E-state index contributed by atoms with van der Waals surface area (Å²) < 4.78 is 1.97. The predicted molar refractivity (Wildman–Crippen MR) is 191 cm³/mol. The fourth-order valence-electron chi connectivity index (χ4n) is 5.00. The quantitative estimate of drug-likeness (QED) is 0.190. The van der Waals surface area contributed by atoms with E-state index in [1.165, 1.54) is 9.75 Å². The third-order valence-corrected chi connectivity index (χ3v) is 9.85. The lowest BCUT2D eigenvalue weighted by molar-refractivity contribution is -0.669. The number of nitrogens with two attached hydrogens (primary N) is 1.